The van der Waals surface area contributed by atoms with E-state index in [0.717, 1.165) is 5.56 Å². The van der Waals surface area contributed by atoms with Crippen molar-refractivity contribution in [3.63, 3.8) is 0 Å². The van der Waals surface area contributed by atoms with Crippen molar-refractivity contribution in [2.75, 3.05) is 13.2 Å². The first-order chi connectivity index (χ1) is 10.1. The highest BCUT2D eigenvalue weighted by molar-refractivity contribution is 6.30. The minimum Gasteiger partial charge on any atom is -0.624 e. The summed E-state index contributed by atoms with van der Waals surface area (Å²) < 4.78 is 6.07. The van der Waals surface area contributed by atoms with Crippen LogP contribution < -0.4 is 4.74 Å². The van der Waals surface area contributed by atoms with Crippen LogP contribution in [-0.4, -0.2) is 35.3 Å². The van der Waals surface area contributed by atoms with Gasteiger partial charge in [0.05, 0.1) is 0 Å². The fourth-order valence-electron chi connectivity index (χ4n) is 1.74. The van der Waals surface area contributed by atoms with Crippen molar-refractivity contribution in [3.8, 4) is 5.75 Å². The summed E-state index contributed by atoms with van der Waals surface area (Å²) in [5.41, 5.74) is 0.727. The number of hydroxylamine groups is 1. The monoisotopic (exact) mass is 305 g/mol. The van der Waals surface area contributed by atoms with Crippen molar-refractivity contribution in [1.82, 2.24) is 0 Å². The van der Waals surface area contributed by atoms with Crippen molar-refractivity contribution < 1.29 is 14.6 Å². The molecule has 0 aromatic heterocycles. The number of hydrogen-bond acceptors (Lipinski definition) is 3. The van der Waals surface area contributed by atoms with Gasteiger partial charge in [-0.2, -0.15) is 0 Å². The van der Waals surface area contributed by atoms with Gasteiger partial charge in [0.2, 0.25) is 0 Å². The van der Waals surface area contributed by atoms with E-state index in [1.807, 2.05) is 18.2 Å². The normalized spacial score (nSPS) is 13.0. The molecule has 2 rings (SSSR count). The number of aliphatic hydroxyl groups is 1. The molecule has 4 nitrogen and oxygen atoms in total. The second kappa shape index (κ2) is 7.67. The number of hydrogen-bond donors (Lipinski definition) is 1. The summed E-state index contributed by atoms with van der Waals surface area (Å²) in [6.45, 7) is 0.00662. The number of para-hydroxylation sites is 1. The Morgan fingerprint density at radius 3 is 2.48 bits per heavy atom. The number of aliphatic hydroxyl groups excluding tert-OH is 1. The third-order valence-electron chi connectivity index (χ3n) is 2.74. The third-order valence-corrected chi connectivity index (χ3v) is 2.99. The maximum Gasteiger partial charge on any atom is 0.182 e. The lowest BCUT2D eigenvalue weighted by molar-refractivity contribution is -0.464. The summed E-state index contributed by atoms with van der Waals surface area (Å²) in [6.07, 6.45) is 0.536. The van der Waals surface area contributed by atoms with Gasteiger partial charge in [0.25, 0.3) is 0 Å². The Bertz CT molecular complexity index is 584. The van der Waals surface area contributed by atoms with Crippen LogP contribution in [0.3, 0.4) is 0 Å². The minimum atomic E-state index is -0.869. The van der Waals surface area contributed by atoms with E-state index in [1.165, 1.54) is 6.21 Å². The number of ether oxygens (including phenoxy) is 1. The van der Waals surface area contributed by atoms with Crippen molar-refractivity contribution in [1.29, 1.82) is 0 Å². The first-order valence-corrected chi connectivity index (χ1v) is 6.91. The average molecular weight is 306 g/mol. The highest BCUT2D eigenvalue weighted by Gasteiger charge is 2.10. The van der Waals surface area contributed by atoms with E-state index in [1.54, 1.807) is 36.4 Å². The van der Waals surface area contributed by atoms with E-state index in [-0.39, 0.29) is 13.2 Å². The zero-order valence-corrected chi connectivity index (χ0v) is 12.1. The lowest BCUT2D eigenvalue weighted by Gasteiger charge is -2.12. The van der Waals surface area contributed by atoms with E-state index >= 15 is 0 Å². The molecular formula is C16H16ClNO3. The zero-order valence-electron chi connectivity index (χ0n) is 11.4. The van der Waals surface area contributed by atoms with Crippen LogP contribution in [-0.2, 0) is 0 Å². The summed E-state index contributed by atoms with van der Waals surface area (Å²) >= 11 is 5.77. The molecule has 0 heterocycles. The van der Waals surface area contributed by atoms with Crippen molar-refractivity contribution in [2.45, 2.75) is 6.10 Å². The van der Waals surface area contributed by atoms with Gasteiger partial charge in [-0.25, -0.2) is 4.74 Å². The molecular weight excluding hydrogens is 290 g/mol. The van der Waals surface area contributed by atoms with Gasteiger partial charge < -0.3 is 15.1 Å². The van der Waals surface area contributed by atoms with E-state index < -0.39 is 6.10 Å². The SMILES string of the molecule is [O-]/[N+](=C\c1ccc(Cl)cc1)C[C@H](O)COc1ccccc1. The molecule has 5 heteroatoms. The average Bonchev–Trinajstić information content (AvgIpc) is 2.48. The highest BCUT2D eigenvalue weighted by atomic mass is 35.5. The van der Waals surface area contributed by atoms with Crippen LogP contribution in [0.15, 0.2) is 54.6 Å². The van der Waals surface area contributed by atoms with E-state index in [9.17, 15) is 10.3 Å². The zero-order chi connectivity index (χ0) is 15.1. The van der Waals surface area contributed by atoms with Gasteiger partial charge in [-0.05, 0) is 36.4 Å². The van der Waals surface area contributed by atoms with Crippen molar-refractivity contribution >= 4 is 17.8 Å². The topological polar surface area (TPSA) is 55.5 Å². The fourth-order valence-corrected chi connectivity index (χ4v) is 1.86. The molecule has 1 N–H and O–H groups in total. The van der Waals surface area contributed by atoms with Gasteiger partial charge in [0, 0.05) is 10.6 Å². The molecule has 0 aliphatic rings. The Morgan fingerprint density at radius 1 is 1.14 bits per heavy atom. The molecule has 0 spiro atoms. The quantitative estimate of drug-likeness (QED) is 0.386. The third kappa shape index (κ3) is 5.45. The molecule has 21 heavy (non-hydrogen) atoms. The van der Waals surface area contributed by atoms with Crippen molar-refractivity contribution in [3.05, 3.63) is 70.4 Å². The molecule has 0 aliphatic carbocycles. The highest BCUT2D eigenvalue weighted by Crippen LogP contribution is 2.09. The molecule has 2 aromatic rings. The number of nitrogens with zero attached hydrogens (tertiary/aromatic N) is 1. The molecule has 0 bridgehead atoms. The van der Waals surface area contributed by atoms with Gasteiger partial charge in [0.15, 0.2) is 12.8 Å². The molecule has 2 aromatic carbocycles. The Hall–Kier alpha value is -2.04. The molecule has 110 valence electrons. The molecule has 1 atom stereocenters. The molecule has 0 saturated carbocycles. The standard InChI is InChI=1S/C16H16ClNO3/c17-14-8-6-13(7-9-14)10-18(20)11-15(19)12-21-16-4-2-1-3-5-16/h1-10,15,19H,11-12H2/b18-10-/t15-/m0/s1. The van der Waals surface area contributed by atoms with E-state index in [2.05, 4.69) is 0 Å². The number of benzene rings is 2. The Labute approximate surface area is 128 Å². The molecule has 0 fully saturated rings. The molecule has 0 unspecified atom stereocenters. The van der Waals surface area contributed by atoms with E-state index in [0.29, 0.717) is 15.5 Å². The largest absolute Gasteiger partial charge is 0.624 e. The van der Waals surface area contributed by atoms with Gasteiger partial charge in [-0.3, -0.25) is 0 Å². The van der Waals surface area contributed by atoms with Crippen LogP contribution in [0.1, 0.15) is 5.56 Å². The molecule has 0 saturated heterocycles. The summed E-state index contributed by atoms with van der Waals surface area (Å²) in [4.78, 5) is 0. The predicted molar refractivity (Wildman–Crippen MR) is 83.1 cm³/mol. The Morgan fingerprint density at radius 2 is 1.81 bits per heavy atom. The number of rotatable bonds is 6. The summed E-state index contributed by atoms with van der Waals surface area (Å²) in [5.74, 6) is 0.663. The number of halogens is 1. The van der Waals surface area contributed by atoms with Gasteiger partial charge in [-0.15, -0.1) is 0 Å². The van der Waals surface area contributed by atoms with Crippen LogP contribution in [0.5, 0.6) is 5.75 Å². The first-order valence-electron chi connectivity index (χ1n) is 6.53. The van der Waals surface area contributed by atoms with E-state index in [4.69, 9.17) is 16.3 Å². The summed E-state index contributed by atoms with van der Waals surface area (Å²) in [5, 5.41) is 22.1. The maximum atomic E-state index is 11.7. The van der Waals surface area contributed by atoms with Gasteiger partial charge >= 0.3 is 0 Å². The molecule has 0 radical (unpaired) electrons. The van der Waals surface area contributed by atoms with Crippen LogP contribution in [0.4, 0.5) is 0 Å². The van der Waals surface area contributed by atoms with Crippen LogP contribution >= 0.6 is 11.6 Å². The van der Waals surface area contributed by atoms with Crippen molar-refractivity contribution in [2.24, 2.45) is 0 Å². The van der Waals surface area contributed by atoms with Gasteiger partial charge in [-0.1, -0.05) is 29.8 Å². The minimum absolute atomic E-state index is 0.0601. The van der Waals surface area contributed by atoms with Crippen LogP contribution in [0, 0.1) is 5.21 Å². The fraction of sp³-hybridized carbons (Fsp3) is 0.188. The lowest BCUT2D eigenvalue weighted by atomic mass is 10.2. The van der Waals surface area contributed by atoms with Crippen LogP contribution in [0.2, 0.25) is 5.02 Å². The summed E-state index contributed by atoms with van der Waals surface area (Å²) in [6, 6.07) is 16.0. The van der Waals surface area contributed by atoms with Gasteiger partial charge in [0.1, 0.15) is 18.5 Å². The molecule has 0 amide bonds. The second-order valence-electron chi connectivity index (χ2n) is 4.56. The van der Waals surface area contributed by atoms with Crippen LogP contribution in [0.25, 0.3) is 0 Å². The predicted octanol–water partition coefficient (Wildman–Crippen LogP) is 2.71. The lowest BCUT2D eigenvalue weighted by Crippen LogP contribution is -2.27. The smallest absolute Gasteiger partial charge is 0.182 e. The maximum absolute atomic E-state index is 11.7. The summed E-state index contributed by atoms with van der Waals surface area (Å²) in [7, 11) is 0. The Kier molecular flexibility index (Phi) is 5.60. The molecule has 0 aliphatic heterocycles. The first kappa shape index (κ1) is 15.4. The Balaban J connectivity index is 1.84. The second-order valence-corrected chi connectivity index (χ2v) is 4.99.